The molecular weight excluding hydrogens is 390 g/mol. The fourth-order valence-corrected chi connectivity index (χ4v) is 4.14. The van der Waals surface area contributed by atoms with Crippen molar-refractivity contribution in [2.75, 3.05) is 6.54 Å². The van der Waals surface area contributed by atoms with Crippen molar-refractivity contribution in [3.05, 3.63) is 81.0 Å². The number of benzene rings is 2. The Morgan fingerprint density at radius 1 is 1.24 bits per heavy atom. The Balaban J connectivity index is 1.46. The van der Waals surface area contributed by atoms with Crippen LogP contribution in [0.5, 0.6) is 0 Å². The number of thiophene rings is 1. The number of hydrogen-bond donors (Lipinski definition) is 1. The van der Waals surface area contributed by atoms with Crippen molar-refractivity contribution in [3.8, 4) is 5.69 Å². The summed E-state index contributed by atoms with van der Waals surface area (Å²) in [5.74, 6) is -0.321. The summed E-state index contributed by atoms with van der Waals surface area (Å²) in [7, 11) is 0. The number of nitrogens with one attached hydrogen (secondary N) is 1. The normalized spacial score (nSPS) is 10.9. The molecule has 0 atom stereocenters. The molecule has 4 aromatic rings. The van der Waals surface area contributed by atoms with Gasteiger partial charge in [-0.15, -0.1) is 16.4 Å². The van der Waals surface area contributed by atoms with Gasteiger partial charge in [-0.1, -0.05) is 29.5 Å². The first-order valence-electron chi connectivity index (χ1n) is 8.95. The molecule has 1 N–H and O–H groups in total. The molecule has 29 heavy (non-hydrogen) atoms. The lowest BCUT2D eigenvalue weighted by Gasteiger charge is -2.05. The maximum absolute atomic E-state index is 12.5. The molecule has 2 aromatic carbocycles. The number of carbonyl (C=O) groups excluding carboxylic acids is 1. The Hall–Kier alpha value is -3.59. The van der Waals surface area contributed by atoms with Gasteiger partial charge in [0, 0.05) is 23.4 Å². The minimum absolute atomic E-state index is 0.0496. The highest BCUT2D eigenvalue weighted by Crippen LogP contribution is 2.25. The molecule has 0 spiro atoms. The zero-order valence-corrected chi connectivity index (χ0v) is 16.3. The van der Waals surface area contributed by atoms with E-state index in [4.69, 9.17) is 0 Å². The van der Waals surface area contributed by atoms with Crippen molar-refractivity contribution in [3.63, 3.8) is 0 Å². The Morgan fingerprint density at radius 3 is 2.90 bits per heavy atom. The van der Waals surface area contributed by atoms with E-state index in [-0.39, 0.29) is 17.3 Å². The molecule has 2 heterocycles. The maximum Gasteiger partial charge on any atom is 0.273 e. The number of rotatable bonds is 6. The zero-order chi connectivity index (χ0) is 20.4. The number of non-ortho nitro benzene ring substituents is 1. The number of nitrogens with zero attached hydrogens (tertiary/aromatic N) is 4. The van der Waals surface area contributed by atoms with Crippen LogP contribution in [0.3, 0.4) is 0 Å². The highest BCUT2D eigenvalue weighted by molar-refractivity contribution is 7.17. The number of hydrogen-bond acceptors (Lipinski definition) is 6. The number of fused-ring (bicyclic) bond motifs is 1. The average molecular weight is 407 g/mol. The topological polar surface area (TPSA) is 103 Å². The summed E-state index contributed by atoms with van der Waals surface area (Å²) < 4.78 is 2.65. The Morgan fingerprint density at radius 2 is 2.07 bits per heavy atom. The molecule has 0 aliphatic heterocycles. The van der Waals surface area contributed by atoms with Gasteiger partial charge in [0.05, 0.1) is 16.3 Å². The second-order valence-electron chi connectivity index (χ2n) is 6.48. The van der Waals surface area contributed by atoms with E-state index in [1.807, 2.05) is 12.1 Å². The number of nitro benzene ring substituents is 1. The number of amides is 1. The minimum atomic E-state index is -0.475. The first-order chi connectivity index (χ1) is 14.0. The summed E-state index contributed by atoms with van der Waals surface area (Å²) in [5.41, 5.74) is 2.35. The van der Waals surface area contributed by atoms with E-state index in [0.717, 1.165) is 0 Å². The molecule has 0 aliphatic carbocycles. The summed E-state index contributed by atoms with van der Waals surface area (Å²) in [6, 6.07) is 14.2. The van der Waals surface area contributed by atoms with Crippen LogP contribution >= 0.6 is 11.3 Å². The fraction of sp³-hybridized carbons (Fsp3) is 0.150. The summed E-state index contributed by atoms with van der Waals surface area (Å²) in [6.07, 6.45) is 0.716. The van der Waals surface area contributed by atoms with E-state index >= 15 is 0 Å². The van der Waals surface area contributed by atoms with E-state index in [0.29, 0.717) is 24.3 Å². The molecular formula is C20H17N5O3S. The van der Waals surface area contributed by atoms with Gasteiger partial charge in [-0.25, -0.2) is 4.68 Å². The summed E-state index contributed by atoms with van der Waals surface area (Å²) >= 11 is 1.69. The van der Waals surface area contributed by atoms with Crippen molar-refractivity contribution >= 4 is 33.0 Å². The standard InChI is InChI=1S/C20H17N5O3S/c1-13-19(22-23-24(13)15-5-4-6-16(11-15)25(27)28)20(26)21-10-9-14-12-29-18-8-3-2-7-17(14)18/h2-8,11-12H,9-10H2,1H3,(H,21,26). The van der Waals surface area contributed by atoms with Crippen molar-refractivity contribution < 1.29 is 9.72 Å². The average Bonchev–Trinajstić information content (AvgIpc) is 3.32. The molecule has 0 saturated carbocycles. The third kappa shape index (κ3) is 3.72. The smallest absolute Gasteiger partial charge is 0.273 e. The first-order valence-corrected chi connectivity index (χ1v) is 9.83. The van der Waals surface area contributed by atoms with Crippen molar-refractivity contribution in [2.24, 2.45) is 0 Å². The molecule has 0 saturated heterocycles. The molecule has 146 valence electrons. The van der Waals surface area contributed by atoms with Gasteiger partial charge in [-0.05, 0) is 41.8 Å². The zero-order valence-electron chi connectivity index (χ0n) is 15.5. The Labute approximate surface area is 169 Å². The van der Waals surface area contributed by atoms with Gasteiger partial charge < -0.3 is 5.32 Å². The summed E-state index contributed by atoms with van der Waals surface area (Å²) in [6.45, 7) is 2.18. The predicted molar refractivity (Wildman–Crippen MR) is 111 cm³/mol. The number of nitro groups is 1. The van der Waals surface area contributed by atoms with Gasteiger partial charge in [-0.2, -0.15) is 0 Å². The van der Waals surface area contributed by atoms with Crippen LogP contribution in [0.2, 0.25) is 0 Å². The van der Waals surface area contributed by atoms with E-state index in [2.05, 4.69) is 33.1 Å². The highest BCUT2D eigenvalue weighted by atomic mass is 32.1. The SMILES string of the molecule is Cc1c(C(=O)NCCc2csc3ccccc23)nnn1-c1cccc([N+](=O)[O-])c1. The van der Waals surface area contributed by atoms with Gasteiger partial charge in [0.25, 0.3) is 11.6 Å². The molecule has 8 nitrogen and oxygen atoms in total. The molecule has 1 amide bonds. The van der Waals surface area contributed by atoms with Crippen LogP contribution in [0, 0.1) is 17.0 Å². The molecule has 0 fully saturated rings. The van der Waals surface area contributed by atoms with E-state index in [9.17, 15) is 14.9 Å². The summed E-state index contributed by atoms with van der Waals surface area (Å²) in [5, 5.41) is 25.1. The third-order valence-electron chi connectivity index (χ3n) is 4.64. The lowest BCUT2D eigenvalue weighted by molar-refractivity contribution is -0.384. The highest BCUT2D eigenvalue weighted by Gasteiger charge is 2.18. The molecule has 9 heteroatoms. The molecule has 0 radical (unpaired) electrons. The predicted octanol–water partition coefficient (Wildman–Crippen LogP) is 3.67. The van der Waals surface area contributed by atoms with Crippen LogP contribution in [0.4, 0.5) is 5.69 Å². The second-order valence-corrected chi connectivity index (χ2v) is 7.39. The van der Waals surface area contributed by atoms with Gasteiger partial charge in [-0.3, -0.25) is 14.9 Å². The lowest BCUT2D eigenvalue weighted by Crippen LogP contribution is -2.26. The summed E-state index contributed by atoms with van der Waals surface area (Å²) in [4.78, 5) is 23.0. The largest absolute Gasteiger partial charge is 0.350 e. The third-order valence-corrected chi connectivity index (χ3v) is 5.65. The van der Waals surface area contributed by atoms with E-state index < -0.39 is 4.92 Å². The van der Waals surface area contributed by atoms with Gasteiger partial charge in [0.2, 0.25) is 0 Å². The number of carbonyl (C=O) groups is 1. The quantitative estimate of drug-likeness (QED) is 0.388. The van der Waals surface area contributed by atoms with Crippen LogP contribution < -0.4 is 5.32 Å². The molecule has 4 rings (SSSR count). The Bertz CT molecular complexity index is 1210. The van der Waals surface area contributed by atoms with Crippen molar-refractivity contribution in [1.82, 2.24) is 20.3 Å². The second kappa shape index (κ2) is 7.80. The number of aromatic nitrogens is 3. The van der Waals surface area contributed by atoms with Crippen LogP contribution in [-0.4, -0.2) is 32.4 Å². The van der Waals surface area contributed by atoms with E-state index in [1.165, 1.54) is 32.5 Å². The van der Waals surface area contributed by atoms with Gasteiger partial charge in [0.15, 0.2) is 5.69 Å². The Kier molecular flexibility index (Phi) is 5.05. The first kappa shape index (κ1) is 18.8. The molecule has 0 bridgehead atoms. The monoisotopic (exact) mass is 407 g/mol. The molecule has 0 unspecified atom stereocenters. The maximum atomic E-state index is 12.5. The van der Waals surface area contributed by atoms with Gasteiger partial charge >= 0.3 is 0 Å². The van der Waals surface area contributed by atoms with Crippen molar-refractivity contribution in [1.29, 1.82) is 0 Å². The lowest BCUT2D eigenvalue weighted by atomic mass is 10.1. The van der Waals surface area contributed by atoms with Gasteiger partial charge in [0.1, 0.15) is 0 Å². The van der Waals surface area contributed by atoms with Crippen LogP contribution in [0.25, 0.3) is 15.8 Å². The van der Waals surface area contributed by atoms with Crippen molar-refractivity contribution in [2.45, 2.75) is 13.3 Å². The molecule has 2 aromatic heterocycles. The molecule has 0 aliphatic rings. The van der Waals surface area contributed by atoms with E-state index in [1.54, 1.807) is 30.4 Å². The van der Waals surface area contributed by atoms with Crippen LogP contribution in [0.1, 0.15) is 21.7 Å². The minimum Gasteiger partial charge on any atom is -0.350 e. The fourth-order valence-electron chi connectivity index (χ4n) is 3.14. The van der Waals surface area contributed by atoms with Crippen LogP contribution in [0.15, 0.2) is 53.9 Å². The van der Waals surface area contributed by atoms with Crippen LogP contribution in [-0.2, 0) is 6.42 Å².